The smallest absolute Gasteiger partial charge is 0.161 e. The lowest BCUT2D eigenvalue weighted by atomic mass is 10.1. The molecule has 2 aromatic rings. The van der Waals surface area contributed by atoms with Crippen LogP contribution in [0.5, 0.6) is 11.5 Å². The third kappa shape index (κ3) is 4.61. The van der Waals surface area contributed by atoms with Crippen LogP contribution in [-0.2, 0) is 11.4 Å². The van der Waals surface area contributed by atoms with Crippen LogP contribution in [0, 0.1) is 0 Å². The van der Waals surface area contributed by atoms with Gasteiger partial charge in [0.2, 0.25) is 0 Å². The highest BCUT2D eigenvalue weighted by Gasteiger charge is 2.08. The van der Waals surface area contributed by atoms with Gasteiger partial charge in [0.15, 0.2) is 11.5 Å². The zero-order chi connectivity index (χ0) is 16.5. The highest BCUT2D eigenvalue weighted by molar-refractivity contribution is 5.86. The summed E-state index contributed by atoms with van der Waals surface area (Å²) in [7, 11) is 3.23. The molecule has 0 atom stereocenters. The van der Waals surface area contributed by atoms with Crippen LogP contribution in [0.15, 0.2) is 53.7 Å². The van der Waals surface area contributed by atoms with Crippen molar-refractivity contribution in [2.75, 3.05) is 14.2 Å². The Kier molecular flexibility index (Phi) is 6.24. The first-order valence-corrected chi connectivity index (χ1v) is 7.36. The average molecular weight is 311 g/mol. The van der Waals surface area contributed by atoms with Gasteiger partial charge in [0.1, 0.15) is 6.61 Å². The number of allylic oxidation sites excluding steroid dienone is 1. The maximum absolute atomic E-state index is 5.36. The number of rotatable bonds is 7. The van der Waals surface area contributed by atoms with Crippen LogP contribution < -0.4 is 9.47 Å². The van der Waals surface area contributed by atoms with Gasteiger partial charge < -0.3 is 14.3 Å². The molecule has 0 bridgehead atoms. The van der Waals surface area contributed by atoms with Crippen molar-refractivity contribution < 1.29 is 14.3 Å². The molecule has 23 heavy (non-hydrogen) atoms. The van der Waals surface area contributed by atoms with E-state index in [1.807, 2.05) is 61.5 Å². The Hall–Kier alpha value is -2.75. The largest absolute Gasteiger partial charge is 0.493 e. The summed E-state index contributed by atoms with van der Waals surface area (Å²) in [6.07, 6.45) is 5.63. The molecule has 0 amide bonds. The summed E-state index contributed by atoms with van der Waals surface area (Å²) in [4.78, 5) is 5.36. The molecule has 4 heteroatoms. The summed E-state index contributed by atoms with van der Waals surface area (Å²) >= 11 is 0. The van der Waals surface area contributed by atoms with Crippen molar-refractivity contribution in [1.29, 1.82) is 0 Å². The van der Waals surface area contributed by atoms with Gasteiger partial charge in [-0.05, 0) is 30.2 Å². The molecule has 4 nitrogen and oxygen atoms in total. The molecule has 0 heterocycles. The molecule has 120 valence electrons. The maximum atomic E-state index is 5.36. The number of methoxy groups -OCH3 is 2. The molecule has 0 N–H and O–H groups in total. The van der Waals surface area contributed by atoms with Crippen molar-refractivity contribution in [1.82, 2.24) is 0 Å². The second-order valence-electron chi connectivity index (χ2n) is 4.83. The molecule has 0 aromatic heterocycles. The van der Waals surface area contributed by atoms with Crippen molar-refractivity contribution in [3.05, 3.63) is 65.2 Å². The average Bonchev–Trinajstić information content (AvgIpc) is 2.60. The monoisotopic (exact) mass is 311 g/mol. The van der Waals surface area contributed by atoms with Crippen LogP contribution in [0.25, 0.3) is 6.08 Å². The fourth-order valence-corrected chi connectivity index (χ4v) is 2.13. The number of benzene rings is 2. The number of ether oxygens (including phenoxy) is 2. The van der Waals surface area contributed by atoms with E-state index < -0.39 is 0 Å². The van der Waals surface area contributed by atoms with Gasteiger partial charge in [-0.25, -0.2) is 0 Å². The summed E-state index contributed by atoms with van der Waals surface area (Å²) in [6.45, 7) is 2.40. The number of nitrogens with zero attached hydrogens (tertiary/aromatic N) is 1. The van der Waals surface area contributed by atoms with Crippen LogP contribution >= 0.6 is 0 Å². The summed E-state index contributed by atoms with van der Waals surface area (Å²) in [5.74, 6) is 1.34. The van der Waals surface area contributed by atoms with E-state index in [1.165, 1.54) is 0 Å². The molecular weight excluding hydrogens is 290 g/mol. The third-order valence-corrected chi connectivity index (χ3v) is 3.28. The van der Waals surface area contributed by atoms with Crippen LogP contribution in [0.3, 0.4) is 0 Å². The fourth-order valence-electron chi connectivity index (χ4n) is 2.13. The minimum atomic E-state index is 0.434. The maximum Gasteiger partial charge on any atom is 0.161 e. The highest BCUT2D eigenvalue weighted by Crippen LogP contribution is 2.30. The Balaban J connectivity index is 2.15. The first kappa shape index (κ1) is 16.6. The Bertz CT molecular complexity index is 679. The first-order chi connectivity index (χ1) is 11.3. The lowest BCUT2D eigenvalue weighted by Gasteiger charge is -2.10. The van der Waals surface area contributed by atoms with Gasteiger partial charge in [-0.2, -0.15) is 0 Å². The molecule has 0 fully saturated rings. The Morgan fingerprint density at radius 1 is 0.957 bits per heavy atom. The summed E-state index contributed by atoms with van der Waals surface area (Å²) in [5.41, 5.74) is 2.96. The van der Waals surface area contributed by atoms with Gasteiger partial charge in [-0.3, -0.25) is 0 Å². The van der Waals surface area contributed by atoms with Crippen LogP contribution in [0.4, 0.5) is 0 Å². The fraction of sp³-hybridized carbons (Fsp3) is 0.211. The van der Waals surface area contributed by atoms with E-state index >= 15 is 0 Å². The summed E-state index contributed by atoms with van der Waals surface area (Å²) in [5, 5.41) is 4.06. The third-order valence-electron chi connectivity index (χ3n) is 3.28. The minimum absolute atomic E-state index is 0.434. The molecule has 0 saturated heterocycles. The Morgan fingerprint density at radius 2 is 1.61 bits per heavy atom. The summed E-state index contributed by atoms with van der Waals surface area (Å²) in [6, 6.07) is 13.7. The van der Waals surface area contributed by atoms with Gasteiger partial charge in [0.05, 0.1) is 20.4 Å². The standard InChI is InChI=1S/C19H21NO3/c1-4-8-16-11-18(21-2)19(22-3)12-17(16)13-20-23-14-15-9-6-5-7-10-15/h4-13H,14H2,1-3H3/b8-4+,20-13+. The molecule has 0 aliphatic rings. The van der Waals surface area contributed by atoms with Crippen LogP contribution in [0.1, 0.15) is 23.6 Å². The zero-order valence-corrected chi connectivity index (χ0v) is 13.7. The van der Waals surface area contributed by atoms with Gasteiger partial charge >= 0.3 is 0 Å². The molecule has 2 aromatic carbocycles. The van der Waals surface area contributed by atoms with E-state index in [-0.39, 0.29) is 0 Å². The lowest BCUT2D eigenvalue weighted by Crippen LogP contribution is -1.96. The normalized spacial score (nSPS) is 11.1. The lowest BCUT2D eigenvalue weighted by molar-refractivity contribution is 0.132. The van der Waals surface area contributed by atoms with Crippen molar-refractivity contribution in [2.24, 2.45) is 5.16 Å². The van der Waals surface area contributed by atoms with Crippen LogP contribution in [-0.4, -0.2) is 20.4 Å². The van der Waals surface area contributed by atoms with Crippen molar-refractivity contribution in [2.45, 2.75) is 13.5 Å². The van der Waals surface area contributed by atoms with E-state index in [2.05, 4.69) is 5.16 Å². The second kappa shape index (κ2) is 8.63. The second-order valence-corrected chi connectivity index (χ2v) is 4.83. The van der Waals surface area contributed by atoms with E-state index in [0.29, 0.717) is 18.1 Å². The predicted molar refractivity (Wildman–Crippen MR) is 93.1 cm³/mol. The molecular formula is C19H21NO3. The van der Waals surface area contributed by atoms with E-state index in [4.69, 9.17) is 14.3 Å². The molecule has 0 saturated carbocycles. The SMILES string of the molecule is C/C=C/c1cc(OC)c(OC)cc1/C=N/OCc1ccccc1. The van der Waals surface area contributed by atoms with Gasteiger partial charge in [0.25, 0.3) is 0 Å². The van der Waals surface area contributed by atoms with Crippen molar-refractivity contribution >= 4 is 12.3 Å². The van der Waals surface area contributed by atoms with Gasteiger partial charge in [-0.15, -0.1) is 0 Å². The molecule has 0 aliphatic heterocycles. The van der Waals surface area contributed by atoms with E-state index in [1.54, 1.807) is 20.4 Å². The number of hydrogen-bond acceptors (Lipinski definition) is 4. The topological polar surface area (TPSA) is 40.0 Å². The molecule has 0 unspecified atom stereocenters. The predicted octanol–water partition coefficient (Wildman–Crippen LogP) is 4.29. The van der Waals surface area contributed by atoms with Gasteiger partial charge in [0, 0.05) is 5.56 Å². The molecule has 0 radical (unpaired) electrons. The summed E-state index contributed by atoms with van der Waals surface area (Å²) < 4.78 is 10.7. The first-order valence-electron chi connectivity index (χ1n) is 7.36. The van der Waals surface area contributed by atoms with E-state index in [9.17, 15) is 0 Å². The zero-order valence-electron chi connectivity index (χ0n) is 13.7. The van der Waals surface area contributed by atoms with Gasteiger partial charge in [-0.1, -0.05) is 47.6 Å². The molecule has 2 rings (SSSR count). The van der Waals surface area contributed by atoms with Crippen molar-refractivity contribution in [3.63, 3.8) is 0 Å². The Morgan fingerprint density at radius 3 is 2.22 bits per heavy atom. The Labute approximate surface area is 137 Å². The van der Waals surface area contributed by atoms with Crippen LogP contribution in [0.2, 0.25) is 0 Å². The highest BCUT2D eigenvalue weighted by atomic mass is 16.6. The quantitative estimate of drug-likeness (QED) is 0.566. The number of oxime groups is 1. The number of hydrogen-bond donors (Lipinski definition) is 0. The van der Waals surface area contributed by atoms with E-state index in [0.717, 1.165) is 16.7 Å². The van der Waals surface area contributed by atoms with Crippen molar-refractivity contribution in [3.8, 4) is 11.5 Å². The minimum Gasteiger partial charge on any atom is -0.493 e. The molecule has 0 aliphatic carbocycles. The molecule has 0 spiro atoms.